The lowest BCUT2D eigenvalue weighted by Gasteiger charge is -2.39. The van der Waals surface area contributed by atoms with Gasteiger partial charge in [-0.1, -0.05) is 6.42 Å². The van der Waals surface area contributed by atoms with E-state index >= 15 is 0 Å². The molecule has 0 aliphatic heterocycles. The Hall–Kier alpha value is -0.370. The quantitative estimate of drug-likeness (QED) is 0.897. The van der Waals surface area contributed by atoms with Crippen molar-refractivity contribution in [3.05, 3.63) is 20.8 Å². The molecule has 74 valence electrons. The van der Waals surface area contributed by atoms with Crippen LogP contribution < -0.4 is 5.73 Å². The summed E-state index contributed by atoms with van der Waals surface area (Å²) in [4.78, 5) is 1.11. The molecule has 0 amide bonds. The molecule has 4 heteroatoms. The van der Waals surface area contributed by atoms with Crippen LogP contribution in [-0.2, 0) is 0 Å². The van der Waals surface area contributed by atoms with Crippen LogP contribution in [0.15, 0.2) is 15.9 Å². The van der Waals surface area contributed by atoms with Crippen molar-refractivity contribution in [2.24, 2.45) is 11.1 Å². The summed E-state index contributed by atoms with van der Waals surface area (Å²) in [6.45, 7) is 0. The molecule has 1 fully saturated rings. The number of nitriles is 1. The molecule has 1 aliphatic rings. The van der Waals surface area contributed by atoms with Crippen LogP contribution >= 0.6 is 27.3 Å². The fourth-order valence-corrected chi connectivity index (χ4v) is 3.38. The van der Waals surface area contributed by atoms with Gasteiger partial charge in [0.05, 0.1) is 17.5 Å². The number of nitrogens with zero attached hydrogens (tertiary/aromatic N) is 1. The highest BCUT2D eigenvalue weighted by Crippen LogP contribution is 2.49. The third kappa shape index (κ3) is 1.50. The number of rotatable bonds is 2. The molecule has 1 heterocycles. The lowest BCUT2D eigenvalue weighted by Crippen LogP contribution is -2.38. The highest BCUT2D eigenvalue weighted by atomic mass is 79.9. The second kappa shape index (κ2) is 3.65. The van der Waals surface area contributed by atoms with Crippen molar-refractivity contribution in [2.75, 3.05) is 0 Å². The summed E-state index contributed by atoms with van der Waals surface area (Å²) in [5, 5.41) is 11.2. The predicted molar refractivity (Wildman–Crippen MR) is 60.8 cm³/mol. The van der Waals surface area contributed by atoms with E-state index in [1.165, 1.54) is 0 Å². The first-order valence-electron chi connectivity index (χ1n) is 4.59. The second-order valence-electron chi connectivity index (χ2n) is 3.77. The van der Waals surface area contributed by atoms with Gasteiger partial charge in [0.2, 0.25) is 0 Å². The Labute approximate surface area is 95.9 Å². The van der Waals surface area contributed by atoms with E-state index < -0.39 is 0 Å². The van der Waals surface area contributed by atoms with Gasteiger partial charge >= 0.3 is 0 Å². The minimum Gasteiger partial charge on any atom is -0.322 e. The zero-order chi connectivity index (χ0) is 10.2. The fourth-order valence-electron chi connectivity index (χ4n) is 1.81. The molecule has 2 rings (SSSR count). The molecule has 0 saturated heterocycles. The second-order valence-corrected chi connectivity index (χ2v) is 5.62. The van der Waals surface area contributed by atoms with E-state index in [-0.39, 0.29) is 11.5 Å². The van der Waals surface area contributed by atoms with Gasteiger partial charge in [0.1, 0.15) is 0 Å². The van der Waals surface area contributed by atoms with Crippen molar-refractivity contribution < 1.29 is 0 Å². The van der Waals surface area contributed by atoms with Gasteiger partial charge in [-0.2, -0.15) is 5.26 Å². The average Bonchev–Trinajstić information content (AvgIpc) is 2.50. The average molecular weight is 271 g/mol. The summed E-state index contributed by atoms with van der Waals surface area (Å²) < 4.78 is 1.06. The van der Waals surface area contributed by atoms with E-state index in [9.17, 15) is 0 Å². The largest absolute Gasteiger partial charge is 0.322 e. The van der Waals surface area contributed by atoms with Gasteiger partial charge in [0, 0.05) is 14.7 Å². The Morgan fingerprint density at radius 3 is 2.71 bits per heavy atom. The SMILES string of the molecule is N#CC1(C(N)c2cc(Br)cs2)CCC1. The maximum atomic E-state index is 9.14. The van der Waals surface area contributed by atoms with Gasteiger partial charge in [-0.05, 0) is 34.8 Å². The van der Waals surface area contributed by atoms with Crippen molar-refractivity contribution in [1.29, 1.82) is 5.26 Å². The number of halogens is 1. The molecule has 2 N–H and O–H groups in total. The third-order valence-electron chi connectivity index (χ3n) is 2.96. The number of nitrogens with two attached hydrogens (primary N) is 1. The molecule has 0 spiro atoms. The normalized spacial score (nSPS) is 20.9. The van der Waals surface area contributed by atoms with Crippen LogP contribution in [0.25, 0.3) is 0 Å². The van der Waals surface area contributed by atoms with Crippen LogP contribution in [-0.4, -0.2) is 0 Å². The zero-order valence-electron chi connectivity index (χ0n) is 7.66. The maximum absolute atomic E-state index is 9.14. The minimum absolute atomic E-state index is 0.113. The topological polar surface area (TPSA) is 49.8 Å². The zero-order valence-corrected chi connectivity index (χ0v) is 10.1. The molecule has 1 aromatic rings. The Kier molecular flexibility index (Phi) is 2.65. The van der Waals surface area contributed by atoms with Crippen LogP contribution in [0.5, 0.6) is 0 Å². The van der Waals surface area contributed by atoms with Gasteiger partial charge in [-0.3, -0.25) is 0 Å². The number of hydrogen-bond acceptors (Lipinski definition) is 3. The van der Waals surface area contributed by atoms with Crippen LogP contribution in [0.2, 0.25) is 0 Å². The molecular formula is C10H11BrN2S. The highest BCUT2D eigenvalue weighted by Gasteiger charge is 2.44. The van der Waals surface area contributed by atoms with Crippen molar-refractivity contribution in [3.8, 4) is 6.07 Å². The monoisotopic (exact) mass is 270 g/mol. The van der Waals surface area contributed by atoms with Crippen molar-refractivity contribution >= 4 is 27.3 Å². The van der Waals surface area contributed by atoms with Crippen molar-refractivity contribution in [3.63, 3.8) is 0 Å². The number of hydrogen-bond donors (Lipinski definition) is 1. The lowest BCUT2D eigenvalue weighted by molar-refractivity contribution is 0.171. The van der Waals surface area contributed by atoms with Gasteiger partial charge < -0.3 is 5.73 Å². The molecule has 2 nitrogen and oxygen atoms in total. The van der Waals surface area contributed by atoms with Gasteiger partial charge in [0.15, 0.2) is 0 Å². The summed E-state index contributed by atoms with van der Waals surface area (Å²) in [6.07, 6.45) is 3.02. The molecule has 1 aromatic heterocycles. The van der Waals surface area contributed by atoms with Gasteiger partial charge in [-0.25, -0.2) is 0 Å². The highest BCUT2D eigenvalue weighted by molar-refractivity contribution is 9.10. The van der Waals surface area contributed by atoms with Gasteiger partial charge in [0.25, 0.3) is 0 Å². The Bertz CT molecular complexity index is 376. The molecule has 1 aliphatic carbocycles. The van der Waals surface area contributed by atoms with E-state index in [2.05, 4.69) is 22.0 Å². The minimum atomic E-state index is -0.287. The maximum Gasteiger partial charge on any atom is 0.0774 e. The Balaban J connectivity index is 2.23. The summed E-state index contributed by atoms with van der Waals surface area (Å²) in [5.74, 6) is 0. The van der Waals surface area contributed by atoms with Crippen molar-refractivity contribution in [1.82, 2.24) is 0 Å². The van der Waals surface area contributed by atoms with E-state index in [4.69, 9.17) is 11.0 Å². The smallest absolute Gasteiger partial charge is 0.0774 e. The molecular weight excluding hydrogens is 260 g/mol. The first-order chi connectivity index (χ1) is 6.68. The van der Waals surface area contributed by atoms with E-state index in [1.807, 2.05) is 11.4 Å². The Morgan fingerprint density at radius 1 is 1.64 bits per heavy atom. The van der Waals surface area contributed by atoms with Crippen LogP contribution in [0.4, 0.5) is 0 Å². The number of thiophene rings is 1. The first kappa shape index (κ1) is 10.2. The predicted octanol–water partition coefficient (Wildman–Crippen LogP) is 3.20. The van der Waals surface area contributed by atoms with E-state index in [0.717, 1.165) is 28.6 Å². The molecule has 0 bridgehead atoms. The van der Waals surface area contributed by atoms with Crippen LogP contribution in [0.3, 0.4) is 0 Å². The third-order valence-corrected chi connectivity index (χ3v) is 4.73. The van der Waals surface area contributed by atoms with E-state index in [1.54, 1.807) is 11.3 Å². The molecule has 1 saturated carbocycles. The molecule has 0 radical (unpaired) electrons. The van der Waals surface area contributed by atoms with Crippen molar-refractivity contribution in [2.45, 2.75) is 25.3 Å². The standard InChI is InChI=1S/C10H11BrN2S/c11-7-4-8(14-5-7)9(13)10(6-12)2-1-3-10/h4-5,9H,1-3,13H2. The summed E-state index contributed by atoms with van der Waals surface area (Å²) in [5.41, 5.74) is 5.84. The summed E-state index contributed by atoms with van der Waals surface area (Å²) in [6, 6.07) is 4.30. The Morgan fingerprint density at radius 2 is 2.36 bits per heavy atom. The molecule has 1 unspecified atom stereocenters. The molecule has 0 aromatic carbocycles. The summed E-state index contributed by atoms with van der Waals surface area (Å²) in [7, 11) is 0. The van der Waals surface area contributed by atoms with E-state index in [0.29, 0.717) is 0 Å². The van der Waals surface area contributed by atoms with Gasteiger partial charge in [-0.15, -0.1) is 11.3 Å². The van der Waals surface area contributed by atoms with Crippen LogP contribution in [0.1, 0.15) is 30.2 Å². The first-order valence-corrected chi connectivity index (χ1v) is 6.26. The van der Waals surface area contributed by atoms with Crippen LogP contribution in [0, 0.1) is 16.7 Å². The molecule has 14 heavy (non-hydrogen) atoms. The lowest BCUT2D eigenvalue weighted by atomic mass is 9.65. The summed E-state index contributed by atoms with van der Waals surface area (Å²) >= 11 is 5.03. The fraction of sp³-hybridized carbons (Fsp3) is 0.500. The molecule has 1 atom stereocenters.